The SMILES string of the molecule is C[C@H](O)C#CC[C@@H](CCCCOc1ccc(OCCCC[C@H](CC#C[C@H](C)O)O[Si](c2ccccc2)(c2ccccc2)C(C)(C)C)cc1)O[Si](c1ccccc1)(c1ccccc1)C(C)(C)C. The highest BCUT2D eigenvalue weighted by Crippen LogP contribution is 2.40. The van der Waals surface area contributed by atoms with E-state index in [1.165, 1.54) is 20.7 Å². The van der Waals surface area contributed by atoms with Crippen molar-refractivity contribution < 1.29 is 28.5 Å². The van der Waals surface area contributed by atoms with Crippen LogP contribution in [0.25, 0.3) is 0 Å². The Morgan fingerprint density at radius 1 is 0.439 bits per heavy atom. The summed E-state index contributed by atoms with van der Waals surface area (Å²) in [4.78, 5) is 0. The van der Waals surface area contributed by atoms with Crippen LogP contribution in [0.5, 0.6) is 11.5 Å². The maximum absolute atomic E-state index is 9.94. The summed E-state index contributed by atoms with van der Waals surface area (Å²) in [6.45, 7) is 18.4. The molecule has 0 aliphatic rings. The Balaban J connectivity index is 1.15. The quantitative estimate of drug-likeness (QED) is 0.0409. The van der Waals surface area contributed by atoms with E-state index in [4.69, 9.17) is 18.3 Å². The van der Waals surface area contributed by atoms with Gasteiger partial charge in [0, 0.05) is 12.8 Å². The van der Waals surface area contributed by atoms with E-state index in [0.29, 0.717) is 26.1 Å². The summed E-state index contributed by atoms with van der Waals surface area (Å²) in [5.41, 5.74) is 0. The highest BCUT2D eigenvalue weighted by Gasteiger charge is 2.52. The molecule has 5 aromatic carbocycles. The summed E-state index contributed by atoms with van der Waals surface area (Å²) in [5.74, 6) is 14.0. The van der Waals surface area contributed by atoms with Gasteiger partial charge in [-0.3, -0.25) is 0 Å². The van der Waals surface area contributed by atoms with Gasteiger partial charge in [0.05, 0.1) is 25.4 Å². The zero-order valence-corrected chi connectivity index (χ0v) is 42.8. The molecule has 0 spiro atoms. The maximum Gasteiger partial charge on any atom is 0.261 e. The molecule has 0 aromatic heterocycles. The molecule has 0 saturated heterocycles. The van der Waals surface area contributed by atoms with Crippen LogP contribution in [0.1, 0.15) is 107 Å². The largest absolute Gasteiger partial charge is 0.494 e. The van der Waals surface area contributed by atoms with Gasteiger partial charge in [0.1, 0.15) is 23.7 Å². The van der Waals surface area contributed by atoms with Gasteiger partial charge in [0.15, 0.2) is 0 Å². The summed E-state index contributed by atoms with van der Waals surface area (Å²) in [6, 6.07) is 50.8. The molecular formula is C58H74O6Si2. The Morgan fingerprint density at radius 3 is 0.985 bits per heavy atom. The molecule has 8 heteroatoms. The highest BCUT2D eigenvalue weighted by atomic mass is 28.4. The van der Waals surface area contributed by atoms with Gasteiger partial charge < -0.3 is 28.5 Å². The second-order valence-electron chi connectivity index (χ2n) is 19.4. The first-order valence-corrected chi connectivity index (χ1v) is 27.7. The molecule has 0 saturated carbocycles. The monoisotopic (exact) mass is 923 g/mol. The van der Waals surface area contributed by atoms with Gasteiger partial charge in [-0.25, -0.2) is 0 Å². The van der Waals surface area contributed by atoms with Crippen LogP contribution >= 0.6 is 0 Å². The Morgan fingerprint density at radius 2 is 0.727 bits per heavy atom. The van der Waals surface area contributed by atoms with E-state index in [2.05, 4.69) is 187 Å². The molecule has 5 aromatic rings. The van der Waals surface area contributed by atoms with Crippen LogP contribution < -0.4 is 30.2 Å². The summed E-state index contributed by atoms with van der Waals surface area (Å²) in [5, 5.41) is 24.6. The lowest BCUT2D eigenvalue weighted by molar-refractivity contribution is 0.174. The number of unbranched alkanes of at least 4 members (excludes halogenated alkanes) is 2. The standard InChI is InChI=1S/C58H74O6Si2/c1-47(59)27-25-31-51(63-65(57(3,4)5,53-33-13-9-14-34-53)54-35-15-10-16-36-54)29-21-23-45-61-49-41-43-50(44-42-49)62-46-24-22-30-52(32-26-28-48(2)60)64-66(58(6,7)8,55-37-17-11-18-38-55)56-39-19-12-20-40-56/h9-20,33-44,47-48,51-52,59-60H,21-24,29-32,45-46H2,1-8H3/t47-,48-,51+,52+/m0/s1. The fourth-order valence-corrected chi connectivity index (χ4v) is 18.3. The lowest BCUT2D eigenvalue weighted by Crippen LogP contribution is -2.67. The first-order chi connectivity index (χ1) is 31.7. The van der Waals surface area contributed by atoms with Crippen molar-refractivity contribution in [2.75, 3.05) is 13.2 Å². The predicted molar refractivity (Wildman–Crippen MR) is 278 cm³/mol. The molecule has 0 radical (unpaired) electrons. The molecule has 6 nitrogen and oxygen atoms in total. The molecule has 0 heterocycles. The van der Waals surface area contributed by atoms with Gasteiger partial charge in [0.25, 0.3) is 16.6 Å². The van der Waals surface area contributed by atoms with Crippen molar-refractivity contribution in [1.29, 1.82) is 0 Å². The molecule has 0 aliphatic carbocycles. The van der Waals surface area contributed by atoms with Crippen molar-refractivity contribution in [3.8, 4) is 35.2 Å². The molecule has 0 unspecified atom stereocenters. The second-order valence-corrected chi connectivity index (χ2v) is 27.9. The molecule has 0 amide bonds. The van der Waals surface area contributed by atoms with Crippen LogP contribution in [0.2, 0.25) is 10.1 Å². The number of hydrogen-bond donors (Lipinski definition) is 2. The fraction of sp³-hybridized carbons (Fsp3) is 0.414. The van der Waals surface area contributed by atoms with Crippen LogP contribution in [0, 0.1) is 23.7 Å². The van der Waals surface area contributed by atoms with Crippen molar-refractivity contribution in [2.24, 2.45) is 0 Å². The number of benzene rings is 5. The van der Waals surface area contributed by atoms with Crippen LogP contribution in [0.4, 0.5) is 0 Å². The maximum atomic E-state index is 9.94. The lowest BCUT2D eigenvalue weighted by Gasteiger charge is -2.45. The van der Waals surface area contributed by atoms with Crippen molar-refractivity contribution in [1.82, 2.24) is 0 Å². The minimum atomic E-state index is -2.77. The smallest absolute Gasteiger partial charge is 0.261 e. The Bertz CT molecular complexity index is 2020. The Hall–Kier alpha value is -4.91. The Labute approximate surface area is 399 Å². The number of rotatable bonds is 22. The van der Waals surface area contributed by atoms with Gasteiger partial charge >= 0.3 is 0 Å². The van der Waals surface area contributed by atoms with E-state index in [0.717, 1.165) is 50.0 Å². The number of aliphatic hydroxyl groups excluding tert-OH is 2. The van der Waals surface area contributed by atoms with Gasteiger partial charge in [-0.1, -0.05) is 187 Å². The van der Waals surface area contributed by atoms with E-state index in [1.807, 2.05) is 24.3 Å². The van der Waals surface area contributed by atoms with Crippen LogP contribution in [-0.2, 0) is 8.85 Å². The number of aliphatic hydroxyl groups is 2. The minimum absolute atomic E-state index is 0.108. The molecule has 350 valence electrons. The minimum Gasteiger partial charge on any atom is -0.494 e. The first kappa shape index (κ1) is 52.1. The third-order valence-corrected chi connectivity index (χ3v) is 22.2. The van der Waals surface area contributed by atoms with Crippen molar-refractivity contribution >= 4 is 37.4 Å². The summed E-state index contributed by atoms with van der Waals surface area (Å²) in [6.07, 6.45) is 4.74. The summed E-state index contributed by atoms with van der Waals surface area (Å²) >= 11 is 0. The average molecular weight is 923 g/mol. The van der Waals surface area contributed by atoms with E-state index in [-0.39, 0.29) is 22.3 Å². The van der Waals surface area contributed by atoms with Crippen molar-refractivity contribution in [3.05, 3.63) is 146 Å². The van der Waals surface area contributed by atoms with Crippen molar-refractivity contribution in [3.63, 3.8) is 0 Å². The average Bonchev–Trinajstić information content (AvgIpc) is 3.29. The van der Waals surface area contributed by atoms with Crippen LogP contribution in [0.15, 0.2) is 146 Å². The molecule has 0 aliphatic heterocycles. The zero-order chi connectivity index (χ0) is 47.5. The lowest BCUT2D eigenvalue weighted by atomic mass is 10.1. The van der Waals surface area contributed by atoms with E-state index >= 15 is 0 Å². The van der Waals surface area contributed by atoms with E-state index in [9.17, 15) is 10.2 Å². The van der Waals surface area contributed by atoms with Gasteiger partial charge in [0.2, 0.25) is 0 Å². The number of hydrogen-bond acceptors (Lipinski definition) is 6. The van der Waals surface area contributed by atoms with Gasteiger partial charge in [-0.05, 0) is 107 Å². The topological polar surface area (TPSA) is 77.4 Å². The molecule has 4 atom stereocenters. The molecule has 2 N–H and O–H groups in total. The number of ether oxygens (including phenoxy) is 2. The van der Waals surface area contributed by atoms with Crippen molar-refractivity contribution in [2.45, 2.75) is 141 Å². The third kappa shape index (κ3) is 14.5. The van der Waals surface area contributed by atoms with Gasteiger partial charge in [-0.15, -0.1) is 0 Å². The van der Waals surface area contributed by atoms with Gasteiger partial charge in [-0.2, -0.15) is 0 Å². The highest BCUT2D eigenvalue weighted by molar-refractivity contribution is 7.00. The zero-order valence-electron chi connectivity index (χ0n) is 40.8. The Kier molecular flexibility index (Phi) is 20.0. The molecule has 0 bridgehead atoms. The predicted octanol–water partition coefficient (Wildman–Crippen LogP) is 10.2. The summed E-state index contributed by atoms with van der Waals surface area (Å²) < 4.78 is 27.3. The van der Waals surface area contributed by atoms with Crippen LogP contribution in [-0.4, -0.2) is 64.5 Å². The summed E-state index contributed by atoms with van der Waals surface area (Å²) in [7, 11) is -5.55. The third-order valence-electron chi connectivity index (χ3n) is 12.0. The van der Waals surface area contributed by atoms with E-state index < -0.39 is 28.8 Å². The molecule has 66 heavy (non-hydrogen) atoms. The van der Waals surface area contributed by atoms with E-state index in [1.54, 1.807) is 13.8 Å². The molecule has 5 rings (SSSR count). The fourth-order valence-electron chi connectivity index (χ4n) is 8.89. The molecule has 0 fully saturated rings. The van der Waals surface area contributed by atoms with Crippen LogP contribution in [0.3, 0.4) is 0 Å². The first-order valence-electron chi connectivity index (χ1n) is 23.9. The normalized spacial score (nSPS) is 13.8. The second kappa shape index (κ2) is 25.3. The molecular weight excluding hydrogens is 849 g/mol.